The van der Waals surface area contributed by atoms with Crippen molar-refractivity contribution < 1.29 is 8.81 Å². The molecule has 0 atom stereocenters. The average Bonchev–Trinajstić information content (AvgIpc) is 2.61. The summed E-state index contributed by atoms with van der Waals surface area (Å²) in [5.74, 6) is 0.635. The maximum absolute atomic E-state index is 12.8. The van der Waals surface area contributed by atoms with E-state index in [1.165, 1.54) is 12.1 Å². The van der Waals surface area contributed by atoms with Crippen molar-refractivity contribution in [3.8, 4) is 0 Å². The maximum atomic E-state index is 12.8. The second kappa shape index (κ2) is 4.17. The van der Waals surface area contributed by atoms with Gasteiger partial charge in [0.25, 0.3) is 0 Å². The maximum Gasteiger partial charge on any atom is 0.125 e. The van der Waals surface area contributed by atoms with Crippen LogP contribution in [0.5, 0.6) is 0 Å². The zero-order chi connectivity index (χ0) is 10.7. The Balaban J connectivity index is 2.02. The molecular formula is C12H12FNO. The van der Waals surface area contributed by atoms with Gasteiger partial charge >= 0.3 is 0 Å². The van der Waals surface area contributed by atoms with Gasteiger partial charge in [-0.3, -0.25) is 0 Å². The first-order valence-electron chi connectivity index (χ1n) is 4.78. The molecule has 0 radical (unpaired) electrons. The fourth-order valence-electron chi connectivity index (χ4n) is 1.37. The zero-order valence-corrected chi connectivity index (χ0v) is 8.46. The Labute approximate surface area is 87.7 Å². The van der Waals surface area contributed by atoms with E-state index >= 15 is 0 Å². The third-order valence-corrected chi connectivity index (χ3v) is 2.25. The van der Waals surface area contributed by atoms with Crippen LogP contribution < -0.4 is 5.32 Å². The molecule has 1 N–H and O–H groups in total. The van der Waals surface area contributed by atoms with E-state index < -0.39 is 0 Å². The van der Waals surface area contributed by atoms with Gasteiger partial charge in [0, 0.05) is 5.69 Å². The minimum atomic E-state index is -0.240. The molecule has 1 heterocycles. The predicted octanol–water partition coefficient (Wildman–Crippen LogP) is 3.34. The van der Waals surface area contributed by atoms with Crippen molar-refractivity contribution in [3.05, 3.63) is 53.7 Å². The fourth-order valence-corrected chi connectivity index (χ4v) is 1.37. The number of nitrogens with one attached hydrogen (secondary N) is 1. The molecule has 15 heavy (non-hydrogen) atoms. The first kappa shape index (κ1) is 9.77. The third kappa shape index (κ3) is 2.37. The van der Waals surface area contributed by atoms with Gasteiger partial charge in [-0.05, 0) is 36.8 Å². The van der Waals surface area contributed by atoms with Gasteiger partial charge < -0.3 is 9.73 Å². The Kier molecular flexibility index (Phi) is 2.72. The Morgan fingerprint density at radius 1 is 1.33 bits per heavy atom. The lowest BCUT2D eigenvalue weighted by molar-refractivity contribution is 0.515. The molecule has 0 unspecified atom stereocenters. The van der Waals surface area contributed by atoms with Crippen molar-refractivity contribution in [2.24, 2.45) is 0 Å². The van der Waals surface area contributed by atoms with Gasteiger partial charge in [-0.15, -0.1) is 0 Å². The quantitative estimate of drug-likeness (QED) is 0.831. The van der Waals surface area contributed by atoms with Gasteiger partial charge in [-0.25, -0.2) is 4.39 Å². The van der Waals surface area contributed by atoms with E-state index in [4.69, 9.17) is 4.42 Å². The highest BCUT2D eigenvalue weighted by Gasteiger charge is 2.01. The molecule has 2 aromatic rings. The molecule has 3 heteroatoms. The summed E-state index contributed by atoms with van der Waals surface area (Å²) in [5.41, 5.74) is 1.85. The van der Waals surface area contributed by atoms with E-state index in [0.717, 1.165) is 17.0 Å². The molecule has 1 aromatic heterocycles. The minimum Gasteiger partial charge on any atom is -0.467 e. The Morgan fingerprint density at radius 3 is 2.87 bits per heavy atom. The molecule has 0 aliphatic heterocycles. The number of benzene rings is 1. The highest BCUT2D eigenvalue weighted by Crippen LogP contribution is 2.13. The Morgan fingerprint density at radius 2 is 2.20 bits per heavy atom. The van der Waals surface area contributed by atoms with Crippen molar-refractivity contribution in [2.75, 3.05) is 5.32 Å². The Bertz CT molecular complexity index is 450. The second-order valence-corrected chi connectivity index (χ2v) is 3.39. The molecule has 0 fully saturated rings. The van der Waals surface area contributed by atoms with Crippen molar-refractivity contribution in [2.45, 2.75) is 13.5 Å². The molecule has 0 amide bonds. The third-order valence-electron chi connectivity index (χ3n) is 2.25. The summed E-state index contributed by atoms with van der Waals surface area (Å²) in [7, 11) is 0. The van der Waals surface area contributed by atoms with Gasteiger partial charge in [0.1, 0.15) is 11.6 Å². The van der Waals surface area contributed by atoms with Crippen LogP contribution in [0.1, 0.15) is 11.3 Å². The molecule has 78 valence electrons. The monoisotopic (exact) mass is 205 g/mol. The zero-order valence-electron chi connectivity index (χ0n) is 8.46. The first-order chi connectivity index (χ1) is 7.25. The molecular weight excluding hydrogens is 193 g/mol. The summed E-state index contributed by atoms with van der Waals surface area (Å²) in [6.45, 7) is 2.55. The van der Waals surface area contributed by atoms with E-state index in [-0.39, 0.29) is 5.82 Å². The number of halogens is 1. The lowest BCUT2D eigenvalue weighted by atomic mass is 10.2. The van der Waals surface area contributed by atoms with Crippen molar-refractivity contribution in [1.82, 2.24) is 0 Å². The van der Waals surface area contributed by atoms with Gasteiger partial charge in [0.05, 0.1) is 12.8 Å². The summed E-state index contributed by atoms with van der Waals surface area (Å²) in [6, 6.07) is 8.28. The fraction of sp³-hybridized carbons (Fsp3) is 0.167. The number of furan rings is 1. The van der Waals surface area contributed by atoms with E-state index in [9.17, 15) is 4.39 Å². The molecule has 0 aliphatic rings. The number of hydrogen-bond donors (Lipinski definition) is 1. The standard InChI is InChI=1S/C12H12FNO/c1-9-5-6-15-12(9)8-14-11-4-2-3-10(13)7-11/h2-7,14H,8H2,1H3. The Hall–Kier alpha value is -1.77. The highest BCUT2D eigenvalue weighted by atomic mass is 19.1. The molecule has 2 nitrogen and oxygen atoms in total. The molecule has 2 rings (SSSR count). The van der Waals surface area contributed by atoms with Gasteiger partial charge in [-0.2, -0.15) is 0 Å². The number of rotatable bonds is 3. The van der Waals surface area contributed by atoms with Crippen LogP contribution in [0.15, 0.2) is 41.0 Å². The van der Waals surface area contributed by atoms with Crippen molar-refractivity contribution >= 4 is 5.69 Å². The highest BCUT2D eigenvalue weighted by molar-refractivity contribution is 5.43. The largest absolute Gasteiger partial charge is 0.467 e. The van der Waals surface area contributed by atoms with Crippen LogP contribution in [0, 0.1) is 12.7 Å². The average molecular weight is 205 g/mol. The second-order valence-electron chi connectivity index (χ2n) is 3.39. The molecule has 1 aromatic carbocycles. The van der Waals surface area contributed by atoms with Crippen molar-refractivity contribution in [3.63, 3.8) is 0 Å². The minimum absolute atomic E-state index is 0.240. The van der Waals surface area contributed by atoms with E-state index in [1.807, 2.05) is 19.1 Å². The summed E-state index contributed by atoms with van der Waals surface area (Å²) < 4.78 is 18.1. The number of hydrogen-bond acceptors (Lipinski definition) is 2. The molecule has 0 saturated heterocycles. The van der Waals surface area contributed by atoms with E-state index in [0.29, 0.717) is 6.54 Å². The van der Waals surface area contributed by atoms with Gasteiger partial charge in [0.2, 0.25) is 0 Å². The predicted molar refractivity (Wildman–Crippen MR) is 57.2 cm³/mol. The summed E-state index contributed by atoms with van der Waals surface area (Å²) in [6.07, 6.45) is 1.65. The van der Waals surface area contributed by atoms with E-state index in [1.54, 1.807) is 12.3 Å². The first-order valence-corrected chi connectivity index (χ1v) is 4.78. The molecule has 0 bridgehead atoms. The topological polar surface area (TPSA) is 25.2 Å². The number of anilines is 1. The summed E-state index contributed by atoms with van der Waals surface area (Å²) in [5, 5.41) is 3.09. The van der Waals surface area contributed by atoms with E-state index in [2.05, 4.69) is 5.32 Å². The SMILES string of the molecule is Cc1ccoc1CNc1cccc(F)c1. The lowest BCUT2D eigenvalue weighted by Crippen LogP contribution is -1.99. The molecule has 0 saturated carbocycles. The van der Waals surface area contributed by atoms with Crippen LogP contribution in [0.25, 0.3) is 0 Å². The van der Waals surface area contributed by atoms with Crippen LogP contribution in [0.2, 0.25) is 0 Å². The number of aryl methyl sites for hydroxylation is 1. The van der Waals surface area contributed by atoms with Crippen LogP contribution in [-0.4, -0.2) is 0 Å². The summed E-state index contributed by atoms with van der Waals surface area (Å²) in [4.78, 5) is 0. The normalized spacial score (nSPS) is 10.3. The molecule has 0 spiro atoms. The van der Waals surface area contributed by atoms with Crippen LogP contribution in [-0.2, 0) is 6.54 Å². The van der Waals surface area contributed by atoms with Crippen LogP contribution in [0.4, 0.5) is 10.1 Å². The van der Waals surface area contributed by atoms with Crippen molar-refractivity contribution in [1.29, 1.82) is 0 Å². The lowest BCUT2D eigenvalue weighted by Gasteiger charge is -2.04. The van der Waals surface area contributed by atoms with Crippen LogP contribution in [0.3, 0.4) is 0 Å². The van der Waals surface area contributed by atoms with Gasteiger partial charge in [-0.1, -0.05) is 6.07 Å². The smallest absolute Gasteiger partial charge is 0.125 e. The van der Waals surface area contributed by atoms with Crippen LogP contribution >= 0.6 is 0 Å². The van der Waals surface area contributed by atoms with Gasteiger partial charge in [0.15, 0.2) is 0 Å². The summed E-state index contributed by atoms with van der Waals surface area (Å²) >= 11 is 0. The molecule has 0 aliphatic carbocycles.